The van der Waals surface area contributed by atoms with Crippen LogP contribution in [0, 0.1) is 0 Å². The van der Waals surface area contributed by atoms with Crippen LogP contribution in [-0.4, -0.2) is 51.4 Å². The predicted molar refractivity (Wildman–Crippen MR) is 107 cm³/mol. The standard InChI is InChI=1S/C16H20N4O3S.2ClH/c1-17-11-12-20(2)16(21)13-3-5-15(6-4-13)24(22,23)19-14-7-9-18-10-8-14;;/h3-10,17H,11-12H2,1-2H3,(H,18,19);2*1H. The molecule has 10 heteroatoms. The Morgan fingerprint density at radius 1 is 1.08 bits per heavy atom. The molecule has 0 aliphatic rings. The van der Waals surface area contributed by atoms with Gasteiger partial charge in [0, 0.05) is 38.1 Å². The van der Waals surface area contributed by atoms with E-state index < -0.39 is 10.0 Å². The molecule has 0 unspecified atom stereocenters. The Kier molecular flexibility index (Phi) is 10.2. The minimum absolute atomic E-state index is 0. The highest BCUT2D eigenvalue weighted by Gasteiger charge is 2.16. The zero-order chi connectivity index (χ0) is 17.6. The van der Waals surface area contributed by atoms with Gasteiger partial charge < -0.3 is 10.2 Å². The lowest BCUT2D eigenvalue weighted by Crippen LogP contribution is -2.32. The zero-order valence-corrected chi connectivity index (χ0v) is 16.8. The number of sulfonamides is 1. The second-order valence-corrected chi connectivity index (χ2v) is 6.88. The Morgan fingerprint density at radius 2 is 1.65 bits per heavy atom. The Hall–Kier alpha value is -1.87. The zero-order valence-electron chi connectivity index (χ0n) is 14.4. The van der Waals surface area contributed by atoms with E-state index >= 15 is 0 Å². The van der Waals surface area contributed by atoms with Crippen LogP contribution in [0.5, 0.6) is 0 Å². The molecule has 1 aromatic heterocycles. The Balaban J connectivity index is 0.00000312. The molecule has 26 heavy (non-hydrogen) atoms. The van der Waals surface area contributed by atoms with Gasteiger partial charge in [-0.15, -0.1) is 24.8 Å². The topological polar surface area (TPSA) is 91.4 Å². The lowest BCUT2D eigenvalue weighted by molar-refractivity contribution is 0.0796. The number of hydrogen-bond acceptors (Lipinski definition) is 5. The Labute approximate surface area is 166 Å². The maximum absolute atomic E-state index is 12.3. The number of pyridine rings is 1. The number of halogens is 2. The first-order valence-corrected chi connectivity index (χ1v) is 8.85. The lowest BCUT2D eigenvalue weighted by atomic mass is 10.2. The van der Waals surface area contributed by atoms with E-state index in [1.807, 2.05) is 7.05 Å². The van der Waals surface area contributed by atoms with Gasteiger partial charge in [0.25, 0.3) is 15.9 Å². The molecule has 2 aromatic rings. The molecular weight excluding hydrogens is 399 g/mol. The van der Waals surface area contributed by atoms with Gasteiger partial charge in [-0.2, -0.15) is 0 Å². The molecule has 1 amide bonds. The number of amides is 1. The third-order valence-corrected chi connectivity index (χ3v) is 4.79. The van der Waals surface area contributed by atoms with Gasteiger partial charge in [-0.05, 0) is 43.4 Å². The minimum Gasteiger partial charge on any atom is -0.340 e. The van der Waals surface area contributed by atoms with E-state index in [0.29, 0.717) is 24.3 Å². The number of benzene rings is 1. The highest BCUT2D eigenvalue weighted by Crippen LogP contribution is 2.16. The summed E-state index contributed by atoms with van der Waals surface area (Å²) in [5.41, 5.74) is 0.869. The summed E-state index contributed by atoms with van der Waals surface area (Å²) < 4.78 is 27.1. The van der Waals surface area contributed by atoms with Gasteiger partial charge in [0.2, 0.25) is 0 Å². The quantitative estimate of drug-likeness (QED) is 0.714. The van der Waals surface area contributed by atoms with E-state index in [2.05, 4.69) is 15.0 Å². The van der Waals surface area contributed by atoms with Crippen molar-refractivity contribution in [3.63, 3.8) is 0 Å². The third kappa shape index (κ3) is 6.45. The summed E-state index contributed by atoms with van der Waals surface area (Å²) in [4.78, 5) is 17.7. The van der Waals surface area contributed by atoms with Crippen LogP contribution in [0.2, 0.25) is 0 Å². The fourth-order valence-electron chi connectivity index (χ4n) is 2.01. The van der Waals surface area contributed by atoms with E-state index in [9.17, 15) is 13.2 Å². The normalized spacial score (nSPS) is 10.2. The first kappa shape index (κ1) is 24.1. The minimum atomic E-state index is -3.70. The molecule has 0 bridgehead atoms. The fraction of sp³-hybridized carbons (Fsp3) is 0.250. The summed E-state index contributed by atoms with van der Waals surface area (Å²) in [7, 11) is -0.186. The molecule has 0 aliphatic carbocycles. The molecule has 1 aromatic carbocycles. The van der Waals surface area contributed by atoms with Crippen LogP contribution in [0.3, 0.4) is 0 Å². The number of carbonyl (C=O) groups excluding carboxylic acids is 1. The van der Waals surface area contributed by atoms with Crippen molar-refractivity contribution in [3.05, 3.63) is 54.4 Å². The summed E-state index contributed by atoms with van der Waals surface area (Å²) in [6.45, 7) is 1.25. The van der Waals surface area contributed by atoms with Gasteiger partial charge >= 0.3 is 0 Å². The lowest BCUT2D eigenvalue weighted by Gasteiger charge is -2.17. The number of aromatic nitrogens is 1. The molecule has 0 aliphatic heterocycles. The van der Waals surface area contributed by atoms with Crippen molar-refractivity contribution >= 4 is 46.4 Å². The summed E-state index contributed by atoms with van der Waals surface area (Å²) in [5.74, 6) is -0.156. The molecular formula is C16H22Cl2N4O3S. The van der Waals surface area contributed by atoms with E-state index in [4.69, 9.17) is 0 Å². The van der Waals surface area contributed by atoms with Gasteiger partial charge in [-0.25, -0.2) is 8.42 Å². The molecule has 0 spiro atoms. The summed E-state index contributed by atoms with van der Waals surface area (Å²) in [5, 5.41) is 2.97. The van der Waals surface area contributed by atoms with Gasteiger partial charge in [-0.3, -0.25) is 14.5 Å². The second-order valence-electron chi connectivity index (χ2n) is 5.20. The monoisotopic (exact) mass is 420 g/mol. The SMILES string of the molecule is CNCCN(C)C(=O)c1ccc(S(=O)(=O)Nc2ccncc2)cc1.Cl.Cl. The molecule has 0 saturated carbocycles. The van der Waals surface area contributed by atoms with Crippen molar-refractivity contribution in [1.82, 2.24) is 15.2 Å². The number of hydrogen-bond donors (Lipinski definition) is 2. The average molecular weight is 421 g/mol. The largest absolute Gasteiger partial charge is 0.340 e. The molecule has 0 radical (unpaired) electrons. The summed E-state index contributed by atoms with van der Waals surface area (Å²) >= 11 is 0. The van der Waals surface area contributed by atoms with Crippen molar-refractivity contribution in [2.75, 3.05) is 31.9 Å². The number of nitrogens with zero attached hydrogens (tertiary/aromatic N) is 2. The number of rotatable bonds is 7. The van der Waals surface area contributed by atoms with Crippen LogP contribution in [-0.2, 0) is 10.0 Å². The highest BCUT2D eigenvalue weighted by atomic mass is 35.5. The van der Waals surface area contributed by atoms with Gasteiger partial charge in [-0.1, -0.05) is 0 Å². The molecule has 0 fully saturated rings. The first-order valence-electron chi connectivity index (χ1n) is 7.37. The average Bonchev–Trinajstić information content (AvgIpc) is 2.59. The number of nitrogens with one attached hydrogen (secondary N) is 2. The van der Waals surface area contributed by atoms with E-state index in [1.54, 1.807) is 24.1 Å². The van der Waals surface area contributed by atoms with Crippen molar-refractivity contribution < 1.29 is 13.2 Å². The van der Waals surface area contributed by atoms with Crippen molar-refractivity contribution in [2.24, 2.45) is 0 Å². The molecule has 1 heterocycles. The van der Waals surface area contributed by atoms with Crippen LogP contribution in [0.4, 0.5) is 5.69 Å². The van der Waals surface area contributed by atoms with Gasteiger partial charge in [0.15, 0.2) is 0 Å². The number of carbonyl (C=O) groups is 1. The smallest absolute Gasteiger partial charge is 0.261 e. The maximum atomic E-state index is 12.3. The maximum Gasteiger partial charge on any atom is 0.261 e. The Morgan fingerprint density at radius 3 is 2.19 bits per heavy atom. The van der Waals surface area contributed by atoms with Crippen LogP contribution in [0.1, 0.15) is 10.4 Å². The predicted octanol–water partition coefficient (Wildman–Crippen LogP) is 2.02. The van der Waals surface area contributed by atoms with Gasteiger partial charge in [0.1, 0.15) is 0 Å². The fourth-order valence-corrected chi connectivity index (χ4v) is 3.07. The molecule has 7 nitrogen and oxygen atoms in total. The van der Waals surface area contributed by atoms with E-state index in [-0.39, 0.29) is 35.6 Å². The third-order valence-electron chi connectivity index (χ3n) is 3.39. The van der Waals surface area contributed by atoms with Crippen LogP contribution < -0.4 is 10.0 Å². The second kappa shape index (κ2) is 11.0. The van der Waals surface area contributed by atoms with E-state index in [1.165, 1.54) is 36.7 Å². The number of likely N-dealkylation sites (N-methyl/N-ethyl adjacent to an activating group) is 2. The Bertz CT molecular complexity index is 787. The van der Waals surface area contributed by atoms with Crippen LogP contribution >= 0.6 is 24.8 Å². The summed E-state index contributed by atoms with van der Waals surface area (Å²) in [6.07, 6.45) is 3.00. The molecule has 0 saturated heterocycles. The van der Waals surface area contributed by atoms with E-state index in [0.717, 1.165) is 0 Å². The van der Waals surface area contributed by atoms with Crippen molar-refractivity contribution in [1.29, 1.82) is 0 Å². The van der Waals surface area contributed by atoms with Gasteiger partial charge in [0.05, 0.1) is 10.6 Å². The molecule has 2 rings (SSSR count). The molecule has 2 N–H and O–H groups in total. The van der Waals surface area contributed by atoms with Crippen LogP contribution in [0.25, 0.3) is 0 Å². The summed E-state index contributed by atoms with van der Waals surface area (Å²) in [6, 6.07) is 8.99. The first-order chi connectivity index (χ1) is 11.4. The highest BCUT2D eigenvalue weighted by molar-refractivity contribution is 7.92. The van der Waals surface area contributed by atoms with Crippen molar-refractivity contribution in [3.8, 4) is 0 Å². The van der Waals surface area contributed by atoms with Crippen LogP contribution in [0.15, 0.2) is 53.7 Å². The molecule has 0 atom stereocenters. The molecule has 144 valence electrons. The van der Waals surface area contributed by atoms with Crippen molar-refractivity contribution in [2.45, 2.75) is 4.90 Å². The number of anilines is 1.